The Morgan fingerprint density at radius 1 is 1.21 bits per heavy atom. The van der Waals surface area contributed by atoms with E-state index in [4.69, 9.17) is 27.6 Å². The molecule has 122 valence electrons. The van der Waals surface area contributed by atoms with Gasteiger partial charge in [0.15, 0.2) is 5.76 Å². The average molecular weight is 364 g/mol. The Bertz CT molecular complexity index is 916. The summed E-state index contributed by atoms with van der Waals surface area (Å²) < 4.78 is 6.37. The number of hydrogen-bond donors (Lipinski definition) is 1. The smallest absolute Gasteiger partial charge is 0.254 e. The SMILES string of the molecule is O=C(Cn1cnc(-c2ccco2)cc1=O)Nc1cc(Cl)cc(Cl)c1. The van der Waals surface area contributed by atoms with Crippen molar-refractivity contribution in [2.75, 3.05) is 5.32 Å². The third-order valence-electron chi connectivity index (χ3n) is 3.11. The highest BCUT2D eigenvalue weighted by Crippen LogP contribution is 2.22. The highest BCUT2D eigenvalue weighted by Gasteiger charge is 2.09. The maximum atomic E-state index is 12.1. The van der Waals surface area contributed by atoms with E-state index in [-0.39, 0.29) is 12.1 Å². The molecule has 0 bridgehead atoms. The van der Waals surface area contributed by atoms with E-state index >= 15 is 0 Å². The van der Waals surface area contributed by atoms with Gasteiger partial charge in [-0.3, -0.25) is 14.2 Å². The number of benzene rings is 1. The largest absolute Gasteiger partial charge is 0.463 e. The minimum Gasteiger partial charge on any atom is -0.463 e. The molecule has 0 atom stereocenters. The average Bonchev–Trinajstić information content (AvgIpc) is 3.02. The van der Waals surface area contributed by atoms with E-state index in [1.807, 2.05) is 0 Å². The predicted octanol–water partition coefficient (Wildman–Crippen LogP) is 3.45. The first-order chi connectivity index (χ1) is 11.5. The van der Waals surface area contributed by atoms with Crippen molar-refractivity contribution < 1.29 is 9.21 Å². The maximum Gasteiger partial charge on any atom is 0.254 e. The lowest BCUT2D eigenvalue weighted by Crippen LogP contribution is -2.27. The molecule has 1 aromatic carbocycles. The van der Waals surface area contributed by atoms with Gasteiger partial charge in [0.05, 0.1) is 12.6 Å². The molecule has 0 spiro atoms. The topological polar surface area (TPSA) is 77.1 Å². The number of hydrogen-bond acceptors (Lipinski definition) is 4. The van der Waals surface area contributed by atoms with Crippen molar-refractivity contribution >= 4 is 34.8 Å². The van der Waals surface area contributed by atoms with Crippen LogP contribution in [0.1, 0.15) is 0 Å². The molecule has 1 N–H and O–H groups in total. The molecule has 1 amide bonds. The molecule has 0 saturated carbocycles. The van der Waals surface area contributed by atoms with Gasteiger partial charge in [0.25, 0.3) is 5.56 Å². The number of furan rings is 1. The lowest BCUT2D eigenvalue weighted by atomic mass is 10.3. The molecule has 0 unspecified atom stereocenters. The van der Waals surface area contributed by atoms with E-state index < -0.39 is 5.91 Å². The fourth-order valence-corrected chi connectivity index (χ4v) is 2.61. The summed E-state index contributed by atoms with van der Waals surface area (Å²) in [6, 6.07) is 9.38. The summed E-state index contributed by atoms with van der Waals surface area (Å²) in [6.45, 7) is -0.186. The number of halogens is 2. The van der Waals surface area contributed by atoms with E-state index in [2.05, 4.69) is 10.3 Å². The number of aromatic nitrogens is 2. The fourth-order valence-electron chi connectivity index (χ4n) is 2.08. The lowest BCUT2D eigenvalue weighted by Gasteiger charge is -2.08. The Morgan fingerprint density at radius 3 is 2.58 bits per heavy atom. The van der Waals surface area contributed by atoms with Crippen LogP contribution in [0, 0.1) is 0 Å². The van der Waals surface area contributed by atoms with Crippen LogP contribution < -0.4 is 10.9 Å². The second-order valence-electron chi connectivity index (χ2n) is 4.92. The van der Waals surface area contributed by atoms with Crippen molar-refractivity contribution in [2.24, 2.45) is 0 Å². The van der Waals surface area contributed by atoms with Gasteiger partial charge < -0.3 is 9.73 Å². The maximum absolute atomic E-state index is 12.1. The van der Waals surface area contributed by atoms with Crippen molar-refractivity contribution in [2.45, 2.75) is 6.54 Å². The van der Waals surface area contributed by atoms with Crippen molar-refractivity contribution in [1.82, 2.24) is 9.55 Å². The number of nitrogens with zero attached hydrogens (tertiary/aromatic N) is 2. The molecular formula is C16H11Cl2N3O3. The first-order valence-corrected chi connectivity index (χ1v) is 7.63. The van der Waals surface area contributed by atoms with Crippen LogP contribution in [-0.4, -0.2) is 15.5 Å². The number of carbonyl (C=O) groups is 1. The first kappa shape index (κ1) is 16.3. The Balaban J connectivity index is 1.73. The van der Waals surface area contributed by atoms with Crippen LogP contribution in [0.25, 0.3) is 11.5 Å². The third-order valence-corrected chi connectivity index (χ3v) is 3.55. The zero-order valence-electron chi connectivity index (χ0n) is 12.2. The van der Waals surface area contributed by atoms with Crippen molar-refractivity contribution in [3.05, 3.63) is 69.4 Å². The molecular weight excluding hydrogens is 353 g/mol. The van der Waals surface area contributed by atoms with Crippen molar-refractivity contribution in [3.63, 3.8) is 0 Å². The first-order valence-electron chi connectivity index (χ1n) is 6.87. The Labute approximate surface area is 146 Å². The summed E-state index contributed by atoms with van der Waals surface area (Å²) in [5.74, 6) is 0.0836. The number of rotatable bonds is 4. The van der Waals surface area contributed by atoms with Crippen LogP contribution in [0.3, 0.4) is 0 Å². The monoisotopic (exact) mass is 363 g/mol. The number of amides is 1. The normalized spacial score (nSPS) is 10.6. The van der Waals surface area contributed by atoms with Gasteiger partial charge in [-0.2, -0.15) is 0 Å². The predicted molar refractivity (Wildman–Crippen MR) is 91.3 cm³/mol. The molecule has 0 saturated heterocycles. The highest BCUT2D eigenvalue weighted by molar-refractivity contribution is 6.35. The second kappa shape index (κ2) is 6.90. The number of anilines is 1. The van der Waals surface area contributed by atoms with Gasteiger partial charge in [0.1, 0.15) is 12.2 Å². The molecule has 0 aliphatic heterocycles. The van der Waals surface area contributed by atoms with Gasteiger partial charge in [-0.25, -0.2) is 4.98 Å². The highest BCUT2D eigenvalue weighted by atomic mass is 35.5. The molecule has 2 aromatic heterocycles. The van der Waals surface area contributed by atoms with Crippen molar-refractivity contribution in [3.8, 4) is 11.5 Å². The minimum atomic E-state index is -0.400. The molecule has 0 aliphatic carbocycles. The van der Waals surface area contributed by atoms with E-state index in [1.165, 1.54) is 23.2 Å². The van der Waals surface area contributed by atoms with Crippen LogP contribution in [0.5, 0.6) is 0 Å². The van der Waals surface area contributed by atoms with Gasteiger partial charge in [0.2, 0.25) is 5.91 Å². The quantitative estimate of drug-likeness (QED) is 0.769. The summed E-state index contributed by atoms with van der Waals surface area (Å²) >= 11 is 11.8. The van der Waals surface area contributed by atoms with Crippen LogP contribution >= 0.6 is 23.2 Å². The Hall–Kier alpha value is -2.57. The van der Waals surface area contributed by atoms with Crippen LogP contribution in [-0.2, 0) is 11.3 Å². The standard InChI is InChI=1S/C16H11Cl2N3O3/c17-10-4-11(18)6-12(5-10)20-15(22)8-21-9-19-13(7-16(21)23)14-2-1-3-24-14/h1-7,9H,8H2,(H,20,22). The molecule has 3 aromatic rings. The number of carbonyl (C=O) groups excluding carboxylic acids is 1. The minimum absolute atomic E-state index is 0.186. The molecule has 0 fully saturated rings. The van der Waals surface area contributed by atoms with Gasteiger partial charge in [0, 0.05) is 21.8 Å². The fraction of sp³-hybridized carbons (Fsp3) is 0.0625. The molecule has 6 nitrogen and oxygen atoms in total. The van der Waals surface area contributed by atoms with Crippen LogP contribution in [0.4, 0.5) is 5.69 Å². The van der Waals surface area contributed by atoms with E-state index in [9.17, 15) is 9.59 Å². The Morgan fingerprint density at radius 2 is 1.96 bits per heavy atom. The summed E-state index contributed by atoms with van der Waals surface area (Å²) in [7, 11) is 0. The van der Waals surface area contributed by atoms with Gasteiger partial charge in [-0.15, -0.1) is 0 Å². The molecule has 8 heteroatoms. The van der Waals surface area contributed by atoms with E-state index in [1.54, 1.807) is 30.3 Å². The van der Waals surface area contributed by atoms with Gasteiger partial charge >= 0.3 is 0 Å². The zero-order chi connectivity index (χ0) is 17.1. The lowest BCUT2D eigenvalue weighted by molar-refractivity contribution is -0.116. The van der Waals surface area contributed by atoms with Crippen LogP contribution in [0.15, 0.2) is 58.2 Å². The zero-order valence-corrected chi connectivity index (χ0v) is 13.7. The van der Waals surface area contributed by atoms with Gasteiger partial charge in [-0.1, -0.05) is 23.2 Å². The molecule has 3 rings (SSSR count). The van der Waals surface area contributed by atoms with Crippen LogP contribution in [0.2, 0.25) is 10.0 Å². The molecule has 24 heavy (non-hydrogen) atoms. The second-order valence-corrected chi connectivity index (χ2v) is 5.80. The molecule has 0 aliphatic rings. The summed E-state index contributed by atoms with van der Waals surface area (Å²) in [4.78, 5) is 28.3. The summed E-state index contributed by atoms with van der Waals surface area (Å²) in [5, 5.41) is 3.43. The third kappa shape index (κ3) is 3.84. The summed E-state index contributed by atoms with van der Waals surface area (Å²) in [6.07, 6.45) is 2.79. The molecule has 2 heterocycles. The Kier molecular flexibility index (Phi) is 4.69. The van der Waals surface area contributed by atoms with Gasteiger partial charge in [-0.05, 0) is 30.3 Å². The number of nitrogens with one attached hydrogen (secondary N) is 1. The molecule has 0 radical (unpaired) electrons. The summed E-state index contributed by atoms with van der Waals surface area (Å²) in [5.41, 5.74) is 0.490. The van der Waals surface area contributed by atoms with Crippen molar-refractivity contribution in [1.29, 1.82) is 0 Å². The van der Waals surface area contributed by atoms with E-state index in [0.29, 0.717) is 27.2 Å². The van der Waals surface area contributed by atoms with E-state index in [0.717, 1.165) is 0 Å².